The molecule has 0 heterocycles. The van der Waals surface area contributed by atoms with Gasteiger partial charge in [-0.2, -0.15) is 0 Å². The zero-order chi connectivity index (χ0) is 17.5. The van der Waals surface area contributed by atoms with Crippen LogP contribution in [0.25, 0.3) is 0 Å². The van der Waals surface area contributed by atoms with Crippen molar-refractivity contribution in [3.05, 3.63) is 35.9 Å². The molecule has 1 aliphatic carbocycles. The zero-order valence-electron chi connectivity index (χ0n) is 14.2. The number of hydrogen-bond donors (Lipinski definition) is 2. The highest BCUT2D eigenvalue weighted by atomic mass is 16.2. The summed E-state index contributed by atoms with van der Waals surface area (Å²) in [7, 11) is 0. The van der Waals surface area contributed by atoms with Crippen molar-refractivity contribution in [1.29, 1.82) is 0 Å². The second kappa shape index (κ2) is 8.62. The van der Waals surface area contributed by atoms with E-state index in [-0.39, 0.29) is 30.4 Å². The molecule has 0 unspecified atom stereocenters. The fourth-order valence-electron chi connectivity index (χ4n) is 3.40. The van der Waals surface area contributed by atoms with Crippen LogP contribution in [0.5, 0.6) is 0 Å². The first kappa shape index (κ1) is 18.2. The van der Waals surface area contributed by atoms with Gasteiger partial charge in [-0.15, -0.1) is 0 Å². The second-order valence-electron chi connectivity index (χ2n) is 6.74. The Morgan fingerprint density at radius 3 is 2.54 bits per heavy atom. The monoisotopic (exact) mass is 330 g/mol. The van der Waals surface area contributed by atoms with Crippen LogP contribution in [0.2, 0.25) is 0 Å². The highest BCUT2D eigenvalue weighted by Gasteiger charge is 2.31. The van der Waals surface area contributed by atoms with E-state index in [0.717, 1.165) is 25.7 Å². The molecule has 1 fully saturated rings. The van der Waals surface area contributed by atoms with Crippen LogP contribution in [0, 0.1) is 11.8 Å². The van der Waals surface area contributed by atoms with Crippen molar-refractivity contribution in [2.45, 2.75) is 51.5 Å². The van der Waals surface area contributed by atoms with Gasteiger partial charge in [0.05, 0.1) is 6.04 Å². The minimum absolute atomic E-state index is 0.0471. The van der Waals surface area contributed by atoms with Crippen LogP contribution in [0.3, 0.4) is 0 Å². The van der Waals surface area contributed by atoms with Crippen molar-refractivity contribution in [2.24, 2.45) is 17.6 Å². The molecule has 1 saturated carbocycles. The lowest BCUT2D eigenvalue weighted by Crippen LogP contribution is -2.43. The fourth-order valence-corrected chi connectivity index (χ4v) is 3.40. The predicted molar refractivity (Wildman–Crippen MR) is 92.0 cm³/mol. The van der Waals surface area contributed by atoms with Crippen molar-refractivity contribution < 1.29 is 14.4 Å². The molecule has 5 nitrogen and oxygen atoms in total. The number of carbonyl (C=O) groups excluding carboxylic acids is 3. The second-order valence-corrected chi connectivity index (χ2v) is 6.74. The van der Waals surface area contributed by atoms with E-state index in [4.69, 9.17) is 5.73 Å². The molecular weight excluding hydrogens is 304 g/mol. The number of Topliss-reactive ketones (excluding diaryl/α,β-unsaturated/α-hetero) is 1. The highest BCUT2D eigenvalue weighted by Crippen LogP contribution is 2.33. The lowest BCUT2D eigenvalue weighted by Gasteiger charge is -2.18. The van der Waals surface area contributed by atoms with Crippen LogP contribution in [0.4, 0.5) is 0 Å². The molecule has 0 bridgehead atoms. The topological polar surface area (TPSA) is 89.3 Å². The molecule has 0 aromatic heterocycles. The number of rotatable bonds is 8. The van der Waals surface area contributed by atoms with Gasteiger partial charge in [-0.25, -0.2) is 0 Å². The first-order chi connectivity index (χ1) is 11.5. The maximum Gasteiger partial charge on any atom is 0.223 e. The third-order valence-corrected chi connectivity index (χ3v) is 4.77. The SMILES string of the molecule is CC(=O)[C@H](CCC(N)=O)NC(=O)[C@@H]1CC[C@@H](Cc2ccccc2)C1. The Balaban J connectivity index is 1.84. The summed E-state index contributed by atoms with van der Waals surface area (Å²) >= 11 is 0. The van der Waals surface area contributed by atoms with E-state index in [9.17, 15) is 14.4 Å². The Labute approximate surface area is 143 Å². The molecule has 3 N–H and O–H groups in total. The van der Waals surface area contributed by atoms with E-state index in [2.05, 4.69) is 17.4 Å². The van der Waals surface area contributed by atoms with E-state index in [1.807, 2.05) is 18.2 Å². The smallest absolute Gasteiger partial charge is 0.223 e. The Morgan fingerprint density at radius 2 is 1.92 bits per heavy atom. The molecule has 2 amide bonds. The normalized spacial score (nSPS) is 21.2. The molecule has 0 saturated heterocycles. The molecule has 24 heavy (non-hydrogen) atoms. The summed E-state index contributed by atoms with van der Waals surface area (Å²) in [6.07, 6.45) is 4.09. The Hall–Kier alpha value is -2.17. The van der Waals surface area contributed by atoms with Gasteiger partial charge in [0.2, 0.25) is 11.8 Å². The maximum absolute atomic E-state index is 12.4. The average Bonchev–Trinajstić information content (AvgIpc) is 3.00. The number of carbonyl (C=O) groups is 3. The zero-order valence-corrected chi connectivity index (χ0v) is 14.2. The van der Waals surface area contributed by atoms with E-state index in [1.54, 1.807) is 0 Å². The number of ketones is 1. The highest BCUT2D eigenvalue weighted by molar-refractivity contribution is 5.89. The summed E-state index contributed by atoms with van der Waals surface area (Å²) < 4.78 is 0. The van der Waals surface area contributed by atoms with E-state index in [1.165, 1.54) is 12.5 Å². The number of amides is 2. The van der Waals surface area contributed by atoms with Crippen LogP contribution < -0.4 is 11.1 Å². The Morgan fingerprint density at radius 1 is 1.21 bits per heavy atom. The summed E-state index contributed by atoms with van der Waals surface area (Å²) in [5, 5.41) is 2.80. The molecule has 130 valence electrons. The van der Waals surface area contributed by atoms with Crippen molar-refractivity contribution in [3.63, 3.8) is 0 Å². The lowest BCUT2D eigenvalue weighted by molar-refractivity contribution is -0.130. The third kappa shape index (κ3) is 5.48. The summed E-state index contributed by atoms with van der Waals surface area (Å²) in [5.41, 5.74) is 6.42. The average molecular weight is 330 g/mol. The minimum atomic E-state index is -0.613. The van der Waals surface area contributed by atoms with E-state index < -0.39 is 11.9 Å². The van der Waals surface area contributed by atoms with Gasteiger partial charge in [0, 0.05) is 12.3 Å². The van der Waals surface area contributed by atoms with Gasteiger partial charge in [-0.3, -0.25) is 14.4 Å². The molecule has 0 radical (unpaired) electrons. The molecule has 0 aliphatic heterocycles. The number of hydrogen-bond acceptors (Lipinski definition) is 3. The summed E-state index contributed by atoms with van der Waals surface area (Å²) in [6, 6.07) is 9.68. The lowest BCUT2D eigenvalue weighted by atomic mass is 9.96. The van der Waals surface area contributed by atoms with Crippen molar-refractivity contribution >= 4 is 17.6 Å². The Bertz CT molecular complexity index is 586. The van der Waals surface area contributed by atoms with Crippen molar-refractivity contribution in [3.8, 4) is 0 Å². The van der Waals surface area contributed by atoms with Gasteiger partial charge in [0.25, 0.3) is 0 Å². The van der Waals surface area contributed by atoms with Gasteiger partial charge in [-0.1, -0.05) is 30.3 Å². The van der Waals surface area contributed by atoms with Crippen LogP contribution in [-0.4, -0.2) is 23.6 Å². The van der Waals surface area contributed by atoms with Gasteiger partial charge < -0.3 is 11.1 Å². The number of nitrogens with one attached hydrogen (secondary N) is 1. The van der Waals surface area contributed by atoms with Gasteiger partial charge in [0.15, 0.2) is 5.78 Å². The molecule has 1 aliphatic rings. The molecule has 5 heteroatoms. The van der Waals surface area contributed by atoms with Crippen molar-refractivity contribution in [2.75, 3.05) is 0 Å². The Kier molecular flexibility index (Phi) is 6.53. The quantitative estimate of drug-likeness (QED) is 0.764. The fraction of sp³-hybridized carbons (Fsp3) is 0.526. The van der Waals surface area contributed by atoms with E-state index in [0.29, 0.717) is 5.92 Å². The molecule has 3 atom stereocenters. The number of primary amides is 1. The third-order valence-electron chi connectivity index (χ3n) is 4.77. The first-order valence-electron chi connectivity index (χ1n) is 8.58. The summed E-state index contributed by atoms with van der Waals surface area (Å²) in [6.45, 7) is 1.43. The van der Waals surface area contributed by atoms with Crippen LogP contribution >= 0.6 is 0 Å². The molecule has 1 aromatic carbocycles. The summed E-state index contributed by atoms with van der Waals surface area (Å²) in [5.74, 6) is -0.211. The van der Waals surface area contributed by atoms with Gasteiger partial charge >= 0.3 is 0 Å². The standard InChI is InChI=1S/C19H26N2O3/c1-13(22)17(9-10-18(20)23)21-19(24)16-8-7-15(12-16)11-14-5-3-2-4-6-14/h2-6,15-17H,7-12H2,1H3,(H2,20,23)(H,21,24)/t15-,16+,17-/m0/s1. The summed E-state index contributed by atoms with van der Waals surface area (Å²) in [4.78, 5) is 35.0. The number of nitrogens with two attached hydrogens (primary N) is 1. The minimum Gasteiger partial charge on any atom is -0.370 e. The molecule has 0 spiro atoms. The van der Waals surface area contributed by atoms with Gasteiger partial charge in [-0.05, 0) is 50.5 Å². The van der Waals surface area contributed by atoms with Crippen molar-refractivity contribution in [1.82, 2.24) is 5.32 Å². The van der Waals surface area contributed by atoms with E-state index >= 15 is 0 Å². The number of benzene rings is 1. The maximum atomic E-state index is 12.4. The predicted octanol–water partition coefficient (Wildman–Crippen LogP) is 1.98. The van der Waals surface area contributed by atoms with Crippen LogP contribution in [0.1, 0.15) is 44.6 Å². The molecular formula is C19H26N2O3. The first-order valence-corrected chi connectivity index (χ1v) is 8.58. The van der Waals surface area contributed by atoms with Crippen LogP contribution in [0.15, 0.2) is 30.3 Å². The largest absolute Gasteiger partial charge is 0.370 e. The van der Waals surface area contributed by atoms with Crippen LogP contribution in [-0.2, 0) is 20.8 Å². The van der Waals surface area contributed by atoms with Gasteiger partial charge in [0.1, 0.15) is 0 Å². The molecule has 1 aromatic rings. The molecule has 2 rings (SSSR count).